The molecule has 0 radical (unpaired) electrons. The second kappa shape index (κ2) is 7.14. The molecule has 1 atom stereocenters. The zero-order valence-electron chi connectivity index (χ0n) is 11.3. The topological polar surface area (TPSA) is 99.4 Å². The van der Waals surface area contributed by atoms with Crippen LogP contribution in [-0.4, -0.2) is 29.6 Å². The van der Waals surface area contributed by atoms with Crippen LogP contribution in [0.15, 0.2) is 24.3 Å². The Balaban J connectivity index is 2.60. The maximum Gasteiger partial charge on any atom is 0.326 e. The number of nitriles is 1. The lowest BCUT2D eigenvalue weighted by Crippen LogP contribution is -2.46. The molecule has 1 aromatic carbocycles. The van der Waals surface area contributed by atoms with E-state index in [1.165, 1.54) is 0 Å². The van der Waals surface area contributed by atoms with Gasteiger partial charge in [0.2, 0.25) is 0 Å². The van der Waals surface area contributed by atoms with Crippen molar-refractivity contribution in [1.82, 2.24) is 5.32 Å². The Morgan fingerprint density at radius 2 is 2.05 bits per heavy atom. The molecular formula is C14H16N2O4. The number of nitrogens with zero attached hydrogens (tertiary/aromatic N) is 1. The third-order valence-corrected chi connectivity index (χ3v) is 2.62. The standard InChI is InChI=1S/C14H16N2O4/c1-9(2)13(14(18)19)16-12(17)8-20-11-6-4-3-5-10(11)7-15/h3-6,9,13H,8H2,1-2H3,(H,16,17)(H,18,19)/t13-/m1/s1. The number of para-hydroxylation sites is 1. The number of aliphatic carboxylic acids is 1. The van der Waals surface area contributed by atoms with Gasteiger partial charge in [-0.15, -0.1) is 0 Å². The summed E-state index contributed by atoms with van der Waals surface area (Å²) in [6.07, 6.45) is 0. The Morgan fingerprint density at radius 3 is 2.60 bits per heavy atom. The molecule has 0 aliphatic rings. The first-order valence-corrected chi connectivity index (χ1v) is 6.09. The first-order chi connectivity index (χ1) is 9.45. The van der Waals surface area contributed by atoms with Gasteiger partial charge in [-0.05, 0) is 18.1 Å². The summed E-state index contributed by atoms with van der Waals surface area (Å²) < 4.78 is 5.22. The number of carbonyl (C=O) groups excluding carboxylic acids is 1. The Morgan fingerprint density at radius 1 is 1.40 bits per heavy atom. The van der Waals surface area contributed by atoms with Crippen molar-refractivity contribution in [2.24, 2.45) is 5.92 Å². The van der Waals surface area contributed by atoms with Crippen LogP contribution in [0.1, 0.15) is 19.4 Å². The molecule has 1 rings (SSSR count). The number of carbonyl (C=O) groups is 2. The van der Waals surface area contributed by atoms with Crippen LogP contribution in [0.5, 0.6) is 5.75 Å². The van der Waals surface area contributed by atoms with Gasteiger partial charge in [0.05, 0.1) is 5.56 Å². The maximum absolute atomic E-state index is 11.7. The summed E-state index contributed by atoms with van der Waals surface area (Å²) in [7, 11) is 0. The average molecular weight is 276 g/mol. The van der Waals surface area contributed by atoms with Gasteiger partial charge in [0, 0.05) is 0 Å². The van der Waals surface area contributed by atoms with E-state index >= 15 is 0 Å². The fourth-order valence-electron chi connectivity index (χ4n) is 1.56. The fraction of sp³-hybridized carbons (Fsp3) is 0.357. The number of hydrogen-bond acceptors (Lipinski definition) is 4. The van der Waals surface area contributed by atoms with Crippen molar-refractivity contribution in [3.05, 3.63) is 29.8 Å². The SMILES string of the molecule is CC(C)[C@@H](NC(=O)COc1ccccc1C#N)C(=O)O. The lowest BCUT2D eigenvalue weighted by atomic mass is 10.1. The molecule has 2 N–H and O–H groups in total. The van der Waals surface area contributed by atoms with Gasteiger partial charge in [0.1, 0.15) is 17.9 Å². The van der Waals surface area contributed by atoms with Crippen molar-refractivity contribution < 1.29 is 19.4 Å². The van der Waals surface area contributed by atoms with Crippen LogP contribution in [0.3, 0.4) is 0 Å². The van der Waals surface area contributed by atoms with Crippen molar-refractivity contribution in [2.45, 2.75) is 19.9 Å². The predicted octanol–water partition coefficient (Wildman–Crippen LogP) is 1.16. The smallest absolute Gasteiger partial charge is 0.326 e. The Hall–Kier alpha value is -2.55. The number of benzene rings is 1. The van der Waals surface area contributed by atoms with Crippen LogP contribution >= 0.6 is 0 Å². The highest BCUT2D eigenvalue weighted by Crippen LogP contribution is 2.16. The number of nitrogens with one attached hydrogen (secondary N) is 1. The van der Waals surface area contributed by atoms with Gasteiger partial charge in [0.25, 0.3) is 5.91 Å². The van der Waals surface area contributed by atoms with Gasteiger partial charge >= 0.3 is 5.97 Å². The van der Waals surface area contributed by atoms with Crippen LogP contribution in [0.4, 0.5) is 0 Å². The molecule has 6 nitrogen and oxygen atoms in total. The molecule has 0 bridgehead atoms. The zero-order chi connectivity index (χ0) is 15.1. The Kier molecular flexibility index (Phi) is 5.54. The summed E-state index contributed by atoms with van der Waals surface area (Å²) in [4.78, 5) is 22.6. The monoisotopic (exact) mass is 276 g/mol. The summed E-state index contributed by atoms with van der Waals surface area (Å²) >= 11 is 0. The molecule has 0 saturated carbocycles. The number of ether oxygens (including phenoxy) is 1. The zero-order valence-corrected chi connectivity index (χ0v) is 11.3. The molecule has 1 aromatic rings. The third kappa shape index (κ3) is 4.28. The second-order valence-corrected chi connectivity index (χ2v) is 4.52. The van der Waals surface area contributed by atoms with Crippen LogP contribution in [-0.2, 0) is 9.59 Å². The predicted molar refractivity (Wildman–Crippen MR) is 71.1 cm³/mol. The molecular weight excluding hydrogens is 260 g/mol. The Bertz CT molecular complexity index is 534. The minimum absolute atomic E-state index is 0.233. The molecule has 20 heavy (non-hydrogen) atoms. The van der Waals surface area contributed by atoms with E-state index in [-0.39, 0.29) is 12.5 Å². The number of hydrogen-bond donors (Lipinski definition) is 2. The molecule has 106 valence electrons. The summed E-state index contributed by atoms with van der Waals surface area (Å²) in [6, 6.07) is 7.50. The summed E-state index contributed by atoms with van der Waals surface area (Å²) in [5, 5.41) is 20.2. The number of carboxylic acids is 1. The molecule has 6 heteroatoms. The van der Waals surface area contributed by atoms with E-state index in [9.17, 15) is 9.59 Å². The summed E-state index contributed by atoms with van der Waals surface area (Å²) in [5.74, 6) is -1.57. The van der Waals surface area contributed by atoms with E-state index in [0.29, 0.717) is 11.3 Å². The van der Waals surface area contributed by atoms with E-state index in [4.69, 9.17) is 15.1 Å². The lowest BCUT2D eigenvalue weighted by molar-refractivity contribution is -0.143. The van der Waals surface area contributed by atoms with Crippen molar-refractivity contribution in [1.29, 1.82) is 5.26 Å². The van der Waals surface area contributed by atoms with E-state index in [1.54, 1.807) is 38.1 Å². The molecule has 0 aromatic heterocycles. The van der Waals surface area contributed by atoms with Crippen LogP contribution in [0.25, 0.3) is 0 Å². The van der Waals surface area contributed by atoms with Crippen LogP contribution < -0.4 is 10.1 Å². The first kappa shape index (κ1) is 15.5. The van der Waals surface area contributed by atoms with Gasteiger partial charge in [-0.1, -0.05) is 26.0 Å². The van der Waals surface area contributed by atoms with Crippen molar-refractivity contribution in [3.8, 4) is 11.8 Å². The van der Waals surface area contributed by atoms with Gasteiger partial charge in [-0.2, -0.15) is 5.26 Å². The second-order valence-electron chi connectivity index (χ2n) is 4.52. The number of carboxylic acid groups (broad SMARTS) is 1. The molecule has 0 heterocycles. The highest BCUT2D eigenvalue weighted by atomic mass is 16.5. The van der Waals surface area contributed by atoms with Crippen LogP contribution in [0.2, 0.25) is 0 Å². The van der Waals surface area contributed by atoms with E-state index in [0.717, 1.165) is 0 Å². The highest BCUT2D eigenvalue weighted by Gasteiger charge is 2.23. The quantitative estimate of drug-likeness (QED) is 0.812. The molecule has 0 unspecified atom stereocenters. The van der Waals surface area contributed by atoms with Gasteiger partial charge < -0.3 is 15.2 Å². The van der Waals surface area contributed by atoms with Crippen molar-refractivity contribution in [3.63, 3.8) is 0 Å². The Labute approximate surface area is 117 Å². The number of rotatable bonds is 6. The minimum Gasteiger partial charge on any atom is -0.482 e. The first-order valence-electron chi connectivity index (χ1n) is 6.09. The normalized spacial score (nSPS) is 11.5. The molecule has 0 spiro atoms. The molecule has 0 aliphatic carbocycles. The number of amides is 1. The lowest BCUT2D eigenvalue weighted by Gasteiger charge is -2.18. The maximum atomic E-state index is 11.7. The van der Waals surface area contributed by atoms with Crippen molar-refractivity contribution in [2.75, 3.05) is 6.61 Å². The van der Waals surface area contributed by atoms with E-state index in [2.05, 4.69) is 5.32 Å². The highest BCUT2D eigenvalue weighted by molar-refractivity contribution is 5.84. The average Bonchev–Trinajstić information content (AvgIpc) is 2.42. The van der Waals surface area contributed by atoms with Gasteiger partial charge in [-0.3, -0.25) is 4.79 Å². The minimum atomic E-state index is -1.09. The van der Waals surface area contributed by atoms with Gasteiger partial charge in [0.15, 0.2) is 6.61 Å². The third-order valence-electron chi connectivity index (χ3n) is 2.62. The molecule has 0 saturated heterocycles. The summed E-state index contributed by atoms with van der Waals surface area (Å²) in [5.41, 5.74) is 0.318. The largest absolute Gasteiger partial charge is 0.482 e. The van der Waals surface area contributed by atoms with Crippen molar-refractivity contribution >= 4 is 11.9 Å². The van der Waals surface area contributed by atoms with E-state index < -0.39 is 17.9 Å². The molecule has 1 amide bonds. The summed E-state index contributed by atoms with van der Waals surface area (Å²) in [6.45, 7) is 3.06. The van der Waals surface area contributed by atoms with E-state index in [1.807, 2.05) is 6.07 Å². The fourth-order valence-corrected chi connectivity index (χ4v) is 1.56. The molecule has 0 aliphatic heterocycles. The molecule has 0 fully saturated rings. The van der Waals surface area contributed by atoms with Gasteiger partial charge in [-0.25, -0.2) is 4.79 Å². The van der Waals surface area contributed by atoms with Crippen LogP contribution in [0, 0.1) is 17.2 Å².